The summed E-state index contributed by atoms with van der Waals surface area (Å²) in [4.78, 5) is 12.0. The van der Waals surface area contributed by atoms with Gasteiger partial charge >= 0.3 is 0 Å². The van der Waals surface area contributed by atoms with Gasteiger partial charge in [-0.1, -0.05) is 6.07 Å². The van der Waals surface area contributed by atoms with Crippen LogP contribution >= 0.6 is 0 Å². The van der Waals surface area contributed by atoms with E-state index in [0.29, 0.717) is 18.8 Å². The minimum Gasteiger partial charge on any atom is -0.505 e. The van der Waals surface area contributed by atoms with Gasteiger partial charge in [0.1, 0.15) is 0 Å². The van der Waals surface area contributed by atoms with Crippen molar-refractivity contribution in [3.05, 3.63) is 36.2 Å². The van der Waals surface area contributed by atoms with Gasteiger partial charge in [-0.2, -0.15) is 5.10 Å². The molecule has 2 rings (SSSR count). The predicted molar refractivity (Wildman–Crippen MR) is 74.6 cm³/mol. The minimum atomic E-state index is -0.443. The first-order valence-electron chi connectivity index (χ1n) is 6.02. The number of para-hydroxylation sites is 1. The standard InChI is InChI=1S/C13H16N4O3/c1-20-6-5-17-8-9(7-15-17)16-13(19)10-3-2-4-11(14)12(10)18/h2-4,7-8,18H,5-6,14H2,1H3,(H,16,19). The number of phenols is 1. The Morgan fingerprint density at radius 3 is 3.10 bits per heavy atom. The fraction of sp³-hybridized carbons (Fsp3) is 0.231. The molecule has 0 unspecified atom stereocenters. The van der Waals surface area contributed by atoms with Crippen LogP contribution in [0, 0.1) is 0 Å². The molecule has 0 bridgehead atoms. The van der Waals surface area contributed by atoms with Crippen molar-refractivity contribution in [2.75, 3.05) is 24.8 Å². The van der Waals surface area contributed by atoms with Gasteiger partial charge in [0.05, 0.1) is 36.3 Å². The second-order valence-electron chi connectivity index (χ2n) is 4.18. The molecular weight excluding hydrogens is 260 g/mol. The highest BCUT2D eigenvalue weighted by atomic mass is 16.5. The lowest BCUT2D eigenvalue weighted by molar-refractivity contribution is 0.102. The first-order valence-corrected chi connectivity index (χ1v) is 6.02. The molecule has 0 saturated heterocycles. The van der Waals surface area contributed by atoms with Crippen LogP contribution in [0.4, 0.5) is 11.4 Å². The summed E-state index contributed by atoms with van der Waals surface area (Å²) < 4.78 is 6.59. The molecule has 1 aromatic carbocycles. The first kappa shape index (κ1) is 13.9. The van der Waals surface area contributed by atoms with Gasteiger partial charge < -0.3 is 20.9 Å². The van der Waals surface area contributed by atoms with Crippen LogP contribution in [0.25, 0.3) is 0 Å². The number of carbonyl (C=O) groups is 1. The average Bonchev–Trinajstić information content (AvgIpc) is 2.87. The molecule has 0 radical (unpaired) electrons. The van der Waals surface area contributed by atoms with Gasteiger partial charge in [-0.25, -0.2) is 0 Å². The lowest BCUT2D eigenvalue weighted by Crippen LogP contribution is -2.12. The molecule has 7 nitrogen and oxygen atoms in total. The molecule has 0 aliphatic heterocycles. The Kier molecular flexibility index (Phi) is 4.21. The van der Waals surface area contributed by atoms with Gasteiger partial charge in [0.15, 0.2) is 5.75 Å². The van der Waals surface area contributed by atoms with Crippen LogP contribution in [-0.4, -0.2) is 34.5 Å². The number of rotatable bonds is 5. The average molecular weight is 276 g/mol. The number of anilines is 2. The number of hydrogen-bond acceptors (Lipinski definition) is 5. The number of amides is 1. The largest absolute Gasteiger partial charge is 0.505 e. The van der Waals surface area contributed by atoms with Crippen LogP contribution in [0.2, 0.25) is 0 Å². The number of nitrogens with one attached hydrogen (secondary N) is 1. The Bertz CT molecular complexity index is 609. The van der Waals surface area contributed by atoms with Crippen molar-refractivity contribution in [3.63, 3.8) is 0 Å². The fourth-order valence-electron chi connectivity index (χ4n) is 1.68. The summed E-state index contributed by atoms with van der Waals surface area (Å²) in [5.74, 6) is -0.669. The van der Waals surface area contributed by atoms with Gasteiger partial charge in [0.25, 0.3) is 5.91 Å². The minimum absolute atomic E-state index is 0.120. The summed E-state index contributed by atoms with van der Waals surface area (Å²) in [6.07, 6.45) is 3.21. The number of ether oxygens (including phenoxy) is 1. The third kappa shape index (κ3) is 3.07. The van der Waals surface area contributed by atoms with Crippen LogP contribution in [0.1, 0.15) is 10.4 Å². The molecule has 0 atom stereocenters. The van der Waals surface area contributed by atoms with Crippen LogP contribution in [0.5, 0.6) is 5.75 Å². The Hall–Kier alpha value is -2.54. The summed E-state index contributed by atoms with van der Waals surface area (Å²) in [5, 5.41) is 16.5. The maximum Gasteiger partial charge on any atom is 0.259 e. The molecular formula is C13H16N4O3. The highest BCUT2D eigenvalue weighted by Gasteiger charge is 2.13. The highest BCUT2D eigenvalue weighted by molar-refractivity contribution is 6.06. The van der Waals surface area contributed by atoms with Gasteiger partial charge in [-0.3, -0.25) is 9.48 Å². The SMILES string of the molecule is COCCn1cc(NC(=O)c2cccc(N)c2O)cn1. The van der Waals surface area contributed by atoms with Crippen molar-refractivity contribution < 1.29 is 14.6 Å². The zero-order chi connectivity index (χ0) is 14.5. The van der Waals surface area contributed by atoms with E-state index in [0.717, 1.165) is 0 Å². The van der Waals surface area contributed by atoms with Crippen LogP contribution < -0.4 is 11.1 Å². The van der Waals surface area contributed by atoms with Crippen LogP contribution in [0.3, 0.4) is 0 Å². The number of nitrogens with zero attached hydrogens (tertiary/aromatic N) is 2. The summed E-state index contributed by atoms with van der Waals surface area (Å²) in [6, 6.07) is 4.62. The monoisotopic (exact) mass is 276 g/mol. The first-order chi connectivity index (χ1) is 9.61. The number of carbonyl (C=O) groups excluding carboxylic acids is 1. The normalized spacial score (nSPS) is 10.4. The van der Waals surface area contributed by atoms with Gasteiger partial charge in [0, 0.05) is 13.3 Å². The smallest absolute Gasteiger partial charge is 0.259 e. The zero-order valence-corrected chi connectivity index (χ0v) is 11.0. The molecule has 0 aliphatic carbocycles. The van der Waals surface area contributed by atoms with E-state index in [1.165, 1.54) is 18.3 Å². The topological polar surface area (TPSA) is 102 Å². The molecule has 20 heavy (non-hydrogen) atoms. The Labute approximate surface area is 116 Å². The zero-order valence-electron chi connectivity index (χ0n) is 11.0. The van der Waals surface area contributed by atoms with Crippen LogP contribution in [0.15, 0.2) is 30.6 Å². The van der Waals surface area contributed by atoms with E-state index in [1.54, 1.807) is 24.1 Å². The van der Waals surface area contributed by atoms with E-state index < -0.39 is 5.91 Å². The van der Waals surface area contributed by atoms with E-state index >= 15 is 0 Å². The Morgan fingerprint density at radius 1 is 1.55 bits per heavy atom. The Morgan fingerprint density at radius 2 is 2.35 bits per heavy atom. The van der Waals surface area contributed by atoms with Crippen molar-refractivity contribution >= 4 is 17.3 Å². The molecule has 1 heterocycles. The fourth-order valence-corrected chi connectivity index (χ4v) is 1.68. The number of benzene rings is 1. The van der Waals surface area contributed by atoms with Crippen molar-refractivity contribution in [1.29, 1.82) is 0 Å². The van der Waals surface area contributed by atoms with Gasteiger partial charge in [0.2, 0.25) is 0 Å². The molecule has 4 N–H and O–H groups in total. The highest BCUT2D eigenvalue weighted by Crippen LogP contribution is 2.25. The van der Waals surface area contributed by atoms with Crippen LogP contribution in [-0.2, 0) is 11.3 Å². The molecule has 1 amide bonds. The number of phenolic OH excluding ortho intramolecular Hbond substituents is 1. The maximum atomic E-state index is 12.0. The maximum absolute atomic E-state index is 12.0. The number of aromatic hydroxyl groups is 1. The molecule has 0 spiro atoms. The lowest BCUT2D eigenvalue weighted by Gasteiger charge is -2.06. The van der Waals surface area contributed by atoms with Crippen molar-refractivity contribution in [2.45, 2.75) is 6.54 Å². The van der Waals surface area contributed by atoms with Gasteiger partial charge in [-0.15, -0.1) is 0 Å². The third-order valence-corrected chi connectivity index (χ3v) is 2.73. The molecule has 0 aliphatic rings. The van der Waals surface area contributed by atoms with E-state index in [9.17, 15) is 9.90 Å². The number of methoxy groups -OCH3 is 1. The summed E-state index contributed by atoms with van der Waals surface area (Å²) in [7, 11) is 1.61. The predicted octanol–water partition coefficient (Wildman–Crippen LogP) is 1.07. The van der Waals surface area contributed by atoms with Crippen molar-refractivity contribution in [1.82, 2.24) is 9.78 Å². The lowest BCUT2D eigenvalue weighted by atomic mass is 10.1. The molecule has 7 heteroatoms. The second kappa shape index (κ2) is 6.07. The van der Waals surface area contributed by atoms with Gasteiger partial charge in [-0.05, 0) is 12.1 Å². The molecule has 106 valence electrons. The number of nitrogen functional groups attached to an aromatic ring is 1. The van der Waals surface area contributed by atoms with Crippen molar-refractivity contribution in [3.8, 4) is 5.75 Å². The van der Waals surface area contributed by atoms with E-state index in [2.05, 4.69) is 10.4 Å². The second-order valence-corrected chi connectivity index (χ2v) is 4.18. The number of hydrogen-bond donors (Lipinski definition) is 3. The van der Waals surface area contributed by atoms with E-state index in [1.807, 2.05) is 0 Å². The third-order valence-electron chi connectivity index (χ3n) is 2.73. The summed E-state index contributed by atoms with van der Waals surface area (Å²) in [6.45, 7) is 1.13. The number of nitrogens with two attached hydrogens (primary N) is 1. The molecule has 0 saturated carbocycles. The van der Waals surface area contributed by atoms with E-state index in [4.69, 9.17) is 10.5 Å². The molecule has 2 aromatic rings. The van der Waals surface area contributed by atoms with Crippen molar-refractivity contribution in [2.24, 2.45) is 0 Å². The quantitative estimate of drug-likeness (QED) is 0.560. The molecule has 0 fully saturated rings. The summed E-state index contributed by atoms with van der Waals surface area (Å²) >= 11 is 0. The number of aromatic nitrogens is 2. The summed E-state index contributed by atoms with van der Waals surface area (Å²) in [5.41, 5.74) is 6.37. The molecule has 1 aromatic heterocycles. The van der Waals surface area contributed by atoms with E-state index in [-0.39, 0.29) is 17.0 Å². The Balaban J connectivity index is 2.07.